The fourth-order valence-corrected chi connectivity index (χ4v) is 1.88. The maximum atomic E-state index is 12.1. The number of aryl methyl sites for hydroxylation is 2. The molecule has 0 unspecified atom stereocenters. The fraction of sp³-hybridized carbons (Fsp3) is 0.357. The van der Waals surface area contributed by atoms with Crippen molar-refractivity contribution >= 4 is 5.78 Å². The zero-order valence-electron chi connectivity index (χ0n) is 10.5. The van der Waals surface area contributed by atoms with E-state index in [9.17, 15) is 4.79 Å². The van der Waals surface area contributed by atoms with E-state index in [1.54, 1.807) is 23.1 Å². The Morgan fingerprint density at radius 3 is 2.89 bits per heavy atom. The van der Waals surface area contributed by atoms with Crippen LogP contribution < -0.4 is 0 Å². The highest BCUT2D eigenvalue weighted by molar-refractivity contribution is 5.94. The molecule has 0 saturated carbocycles. The third-order valence-electron chi connectivity index (χ3n) is 2.77. The van der Waals surface area contributed by atoms with Gasteiger partial charge in [0.2, 0.25) is 0 Å². The van der Waals surface area contributed by atoms with E-state index >= 15 is 0 Å². The summed E-state index contributed by atoms with van der Waals surface area (Å²) in [5.41, 5.74) is 1.65. The van der Waals surface area contributed by atoms with Crippen molar-refractivity contribution in [1.29, 1.82) is 0 Å². The standard InChI is InChI=1S/C14H17N3O/c1-2-11-17-13(8-10-16-17)14(18)7-6-12-5-3-4-9-15-12/h3-5,8-10H,2,6-7,11H2,1H3. The molecule has 2 rings (SSSR count). The second-order valence-corrected chi connectivity index (χ2v) is 4.18. The molecule has 4 heteroatoms. The van der Waals surface area contributed by atoms with Gasteiger partial charge in [-0.3, -0.25) is 14.5 Å². The van der Waals surface area contributed by atoms with Crippen LogP contribution in [0.2, 0.25) is 0 Å². The number of Topliss-reactive ketones (excluding diaryl/α,β-unsaturated/α-hetero) is 1. The number of nitrogens with zero attached hydrogens (tertiary/aromatic N) is 3. The van der Waals surface area contributed by atoms with E-state index in [1.165, 1.54) is 0 Å². The lowest BCUT2D eigenvalue weighted by molar-refractivity contribution is 0.0972. The van der Waals surface area contributed by atoms with Gasteiger partial charge in [-0.05, 0) is 31.0 Å². The van der Waals surface area contributed by atoms with E-state index in [0.29, 0.717) is 18.5 Å². The van der Waals surface area contributed by atoms with Crippen LogP contribution in [-0.2, 0) is 13.0 Å². The molecule has 0 amide bonds. The van der Waals surface area contributed by atoms with Gasteiger partial charge in [-0.15, -0.1) is 0 Å². The van der Waals surface area contributed by atoms with E-state index in [2.05, 4.69) is 17.0 Å². The largest absolute Gasteiger partial charge is 0.292 e. The lowest BCUT2D eigenvalue weighted by atomic mass is 10.1. The zero-order chi connectivity index (χ0) is 12.8. The minimum atomic E-state index is 0.131. The number of ketones is 1. The first-order valence-corrected chi connectivity index (χ1v) is 6.26. The maximum Gasteiger partial charge on any atom is 0.181 e. The summed E-state index contributed by atoms with van der Waals surface area (Å²) in [6.07, 6.45) is 5.57. The van der Waals surface area contributed by atoms with Crippen molar-refractivity contribution in [3.8, 4) is 0 Å². The van der Waals surface area contributed by atoms with Crippen LogP contribution in [0.5, 0.6) is 0 Å². The van der Waals surface area contributed by atoms with E-state index in [4.69, 9.17) is 0 Å². The lowest BCUT2D eigenvalue weighted by Gasteiger charge is -2.05. The van der Waals surface area contributed by atoms with Crippen LogP contribution in [0.1, 0.15) is 35.9 Å². The van der Waals surface area contributed by atoms with Crippen LogP contribution in [0.3, 0.4) is 0 Å². The topological polar surface area (TPSA) is 47.8 Å². The Morgan fingerprint density at radius 2 is 2.17 bits per heavy atom. The summed E-state index contributed by atoms with van der Waals surface area (Å²) in [5.74, 6) is 0.131. The van der Waals surface area contributed by atoms with Crippen LogP contribution in [0.4, 0.5) is 0 Å². The Morgan fingerprint density at radius 1 is 1.28 bits per heavy atom. The van der Waals surface area contributed by atoms with Gasteiger partial charge in [0.05, 0.1) is 0 Å². The van der Waals surface area contributed by atoms with Gasteiger partial charge in [0.15, 0.2) is 5.78 Å². The molecule has 18 heavy (non-hydrogen) atoms. The van der Waals surface area contributed by atoms with Gasteiger partial charge >= 0.3 is 0 Å². The molecule has 2 aromatic heterocycles. The van der Waals surface area contributed by atoms with Gasteiger partial charge in [-0.25, -0.2) is 0 Å². The normalized spacial score (nSPS) is 10.5. The van der Waals surface area contributed by atoms with Crippen molar-refractivity contribution in [2.24, 2.45) is 0 Å². The van der Waals surface area contributed by atoms with Gasteiger partial charge in [-0.1, -0.05) is 13.0 Å². The summed E-state index contributed by atoms with van der Waals surface area (Å²) in [7, 11) is 0. The average Bonchev–Trinajstić information content (AvgIpc) is 2.86. The Hall–Kier alpha value is -1.97. The highest BCUT2D eigenvalue weighted by atomic mass is 16.1. The first-order chi connectivity index (χ1) is 8.81. The molecule has 0 aromatic carbocycles. The molecule has 0 atom stereocenters. The maximum absolute atomic E-state index is 12.1. The summed E-state index contributed by atoms with van der Waals surface area (Å²) in [6.45, 7) is 2.86. The first-order valence-electron chi connectivity index (χ1n) is 6.26. The van der Waals surface area contributed by atoms with Crippen molar-refractivity contribution in [3.63, 3.8) is 0 Å². The molecule has 0 N–H and O–H groups in total. The average molecular weight is 243 g/mol. The smallest absolute Gasteiger partial charge is 0.181 e. The van der Waals surface area contributed by atoms with Crippen molar-refractivity contribution in [1.82, 2.24) is 14.8 Å². The predicted molar refractivity (Wildman–Crippen MR) is 69.4 cm³/mol. The molecule has 4 nitrogen and oxygen atoms in total. The minimum absolute atomic E-state index is 0.131. The van der Waals surface area contributed by atoms with Crippen molar-refractivity contribution in [2.75, 3.05) is 0 Å². The molecule has 0 saturated heterocycles. The van der Waals surface area contributed by atoms with Gasteiger partial charge in [0.1, 0.15) is 5.69 Å². The summed E-state index contributed by atoms with van der Waals surface area (Å²) in [4.78, 5) is 16.3. The Kier molecular flexibility index (Phi) is 4.23. The summed E-state index contributed by atoms with van der Waals surface area (Å²) in [6, 6.07) is 7.54. The Labute approximate surface area is 107 Å². The molecule has 2 aromatic rings. The van der Waals surface area contributed by atoms with Crippen LogP contribution in [-0.4, -0.2) is 20.5 Å². The third kappa shape index (κ3) is 3.03. The van der Waals surface area contributed by atoms with Crippen LogP contribution in [0, 0.1) is 0 Å². The Balaban J connectivity index is 1.97. The number of carbonyl (C=O) groups is 1. The summed E-state index contributed by atoms with van der Waals surface area (Å²) >= 11 is 0. The molecular formula is C14H17N3O. The molecule has 0 fully saturated rings. The van der Waals surface area contributed by atoms with Crippen LogP contribution in [0.25, 0.3) is 0 Å². The number of hydrogen-bond donors (Lipinski definition) is 0. The third-order valence-corrected chi connectivity index (χ3v) is 2.77. The lowest BCUT2D eigenvalue weighted by Crippen LogP contribution is -2.11. The second kappa shape index (κ2) is 6.10. The predicted octanol–water partition coefficient (Wildman–Crippen LogP) is 2.50. The molecular weight excluding hydrogens is 226 g/mol. The van der Waals surface area contributed by atoms with E-state index in [0.717, 1.165) is 18.7 Å². The minimum Gasteiger partial charge on any atom is -0.292 e. The zero-order valence-corrected chi connectivity index (χ0v) is 10.5. The van der Waals surface area contributed by atoms with E-state index in [1.807, 2.05) is 18.2 Å². The number of aromatic nitrogens is 3. The van der Waals surface area contributed by atoms with Crippen molar-refractivity contribution < 1.29 is 4.79 Å². The van der Waals surface area contributed by atoms with Crippen LogP contribution in [0.15, 0.2) is 36.7 Å². The van der Waals surface area contributed by atoms with Crippen molar-refractivity contribution in [2.45, 2.75) is 32.7 Å². The number of carbonyl (C=O) groups excluding carboxylic acids is 1. The number of hydrogen-bond acceptors (Lipinski definition) is 3. The molecule has 2 heterocycles. The van der Waals surface area contributed by atoms with Crippen molar-refractivity contribution in [3.05, 3.63) is 48.0 Å². The molecule has 0 aliphatic carbocycles. The van der Waals surface area contributed by atoms with E-state index < -0.39 is 0 Å². The van der Waals surface area contributed by atoms with Gasteiger partial charge in [0, 0.05) is 31.1 Å². The molecule has 0 bridgehead atoms. The number of pyridine rings is 1. The van der Waals surface area contributed by atoms with Gasteiger partial charge in [-0.2, -0.15) is 5.10 Å². The first kappa shape index (κ1) is 12.5. The fourth-order valence-electron chi connectivity index (χ4n) is 1.88. The molecule has 0 aliphatic heterocycles. The van der Waals surface area contributed by atoms with Gasteiger partial charge < -0.3 is 0 Å². The quantitative estimate of drug-likeness (QED) is 0.732. The Bertz CT molecular complexity index is 505. The van der Waals surface area contributed by atoms with Gasteiger partial charge in [0.25, 0.3) is 0 Å². The van der Waals surface area contributed by atoms with E-state index in [-0.39, 0.29) is 5.78 Å². The monoisotopic (exact) mass is 243 g/mol. The molecule has 94 valence electrons. The molecule has 0 spiro atoms. The molecule has 0 aliphatic rings. The second-order valence-electron chi connectivity index (χ2n) is 4.18. The summed E-state index contributed by atoms with van der Waals surface area (Å²) in [5, 5.41) is 4.16. The highest BCUT2D eigenvalue weighted by Crippen LogP contribution is 2.07. The highest BCUT2D eigenvalue weighted by Gasteiger charge is 2.11. The number of rotatable bonds is 6. The SMILES string of the molecule is CCCn1nccc1C(=O)CCc1ccccn1. The summed E-state index contributed by atoms with van der Waals surface area (Å²) < 4.78 is 1.78. The molecule has 0 radical (unpaired) electrons. The van der Waals surface area contributed by atoms with Crippen LogP contribution >= 0.6 is 0 Å².